The predicted octanol–water partition coefficient (Wildman–Crippen LogP) is 6.33. The van der Waals surface area contributed by atoms with Gasteiger partial charge in [0.15, 0.2) is 0 Å². The summed E-state index contributed by atoms with van der Waals surface area (Å²) in [6.07, 6.45) is 3.22. The van der Waals surface area contributed by atoms with E-state index in [1.54, 1.807) is 60.7 Å². The molecule has 0 bridgehead atoms. The van der Waals surface area contributed by atoms with E-state index in [9.17, 15) is 8.42 Å². The second-order valence-electron chi connectivity index (χ2n) is 8.99. The molecule has 0 amide bonds. The number of hydrogen-bond donors (Lipinski definition) is 0. The highest BCUT2D eigenvalue weighted by molar-refractivity contribution is 7.98. The molecule has 156 valence electrons. The molecule has 0 saturated carbocycles. The van der Waals surface area contributed by atoms with Gasteiger partial charge in [-0.3, -0.25) is 0 Å². The van der Waals surface area contributed by atoms with E-state index in [1.165, 1.54) is 0 Å². The summed E-state index contributed by atoms with van der Waals surface area (Å²) in [7, 11) is -4.05. The number of benzene rings is 2. The van der Waals surface area contributed by atoms with Crippen molar-refractivity contribution in [2.24, 2.45) is 10.8 Å². The van der Waals surface area contributed by atoms with Crippen LogP contribution >= 0.6 is 0 Å². The molecule has 0 saturated heterocycles. The molecule has 2 rings (SSSR count). The van der Waals surface area contributed by atoms with E-state index in [4.69, 9.17) is 9.47 Å². The van der Waals surface area contributed by atoms with Gasteiger partial charge in [-0.2, -0.15) is 0 Å². The van der Waals surface area contributed by atoms with Crippen LogP contribution in [-0.4, -0.2) is 8.42 Å². The standard InChI is InChI=1S/C24H30O4S/c1-23(2,3)17-21(27-19-13-9-7-10-14-19)29(25,26)22(18-24(4,5)6)28-20-15-11-8-12-16-20/h7-18H,1-6H3. The van der Waals surface area contributed by atoms with Gasteiger partial charge in [-0.05, 0) is 47.2 Å². The molecule has 0 N–H and O–H groups in total. The summed E-state index contributed by atoms with van der Waals surface area (Å²) in [5.41, 5.74) is -0.840. The predicted molar refractivity (Wildman–Crippen MR) is 118 cm³/mol. The van der Waals surface area contributed by atoms with Crippen molar-refractivity contribution in [3.05, 3.63) is 83.0 Å². The first-order valence-corrected chi connectivity index (χ1v) is 11.0. The number of sulfone groups is 1. The summed E-state index contributed by atoms with van der Waals surface area (Å²) >= 11 is 0. The molecule has 0 aliphatic rings. The molecule has 2 aromatic rings. The van der Waals surface area contributed by atoms with Gasteiger partial charge in [0.2, 0.25) is 10.2 Å². The number of para-hydroxylation sites is 2. The van der Waals surface area contributed by atoms with Crippen LogP contribution in [0.3, 0.4) is 0 Å². The van der Waals surface area contributed by atoms with E-state index in [2.05, 4.69) is 0 Å². The first kappa shape index (κ1) is 22.8. The van der Waals surface area contributed by atoms with Crippen molar-refractivity contribution >= 4 is 9.84 Å². The normalized spacial score (nSPS) is 13.9. The molecule has 2 aromatic carbocycles. The third kappa shape index (κ3) is 7.42. The molecule has 29 heavy (non-hydrogen) atoms. The Kier molecular flexibility index (Phi) is 6.96. The van der Waals surface area contributed by atoms with Crippen LogP contribution in [0.15, 0.2) is 83.0 Å². The maximum atomic E-state index is 13.6. The lowest BCUT2D eigenvalue weighted by molar-refractivity contribution is 0.407. The second kappa shape index (κ2) is 8.87. The first-order chi connectivity index (χ1) is 13.4. The van der Waals surface area contributed by atoms with Crippen LogP contribution in [0, 0.1) is 10.8 Å². The van der Waals surface area contributed by atoms with E-state index in [0.717, 1.165) is 0 Å². The fourth-order valence-corrected chi connectivity index (χ4v) is 3.97. The summed E-state index contributed by atoms with van der Waals surface area (Å²) < 4.78 is 38.9. The van der Waals surface area contributed by atoms with Crippen LogP contribution in [0.1, 0.15) is 41.5 Å². The lowest BCUT2D eigenvalue weighted by atomic mass is 9.97. The smallest absolute Gasteiger partial charge is 0.271 e. The maximum Gasteiger partial charge on any atom is 0.271 e. The Morgan fingerprint density at radius 1 is 0.655 bits per heavy atom. The zero-order valence-electron chi connectivity index (χ0n) is 18.0. The van der Waals surface area contributed by atoms with Gasteiger partial charge in [0.25, 0.3) is 9.84 Å². The summed E-state index contributed by atoms with van der Waals surface area (Å²) in [4.78, 5) is 0. The first-order valence-electron chi connectivity index (χ1n) is 9.53. The topological polar surface area (TPSA) is 52.6 Å². The lowest BCUT2D eigenvalue weighted by Crippen LogP contribution is -2.20. The minimum absolute atomic E-state index is 0.150. The third-order valence-corrected chi connectivity index (χ3v) is 5.02. The van der Waals surface area contributed by atoms with Crippen molar-refractivity contribution < 1.29 is 17.9 Å². The van der Waals surface area contributed by atoms with Gasteiger partial charge < -0.3 is 9.47 Å². The Balaban J connectivity index is 2.57. The van der Waals surface area contributed by atoms with Gasteiger partial charge in [-0.25, -0.2) is 8.42 Å². The molecule has 0 fully saturated rings. The van der Waals surface area contributed by atoms with Crippen LogP contribution in [0.25, 0.3) is 0 Å². The van der Waals surface area contributed by atoms with Crippen molar-refractivity contribution in [2.45, 2.75) is 41.5 Å². The zero-order chi connectivity index (χ0) is 21.7. The Morgan fingerprint density at radius 2 is 0.966 bits per heavy atom. The zero-order valence-corrected chi connectivity index (χ0v) is 18.8. The molecule has 5 heteroatoms. The molecule has 0 unspecified atom stereocenters. The van der Waals surface area contributed by atoms with Crippen molar-refractivity contribution in [2.75, 3.05) is 0 Å². The molecule has 0 radical (unpaired) electrons. The van der Waals surface area contributed by atoms with Crippen LogP contribution in [0.4, 0.5) is 0 Å². The average Bonchev–Trinajstić information content (AvgIpc) is 2.60. The van der Waals surface area contributed by atoms with Crippen molar-refractivity contribution in [3.63, 3.8) is 0 Å². The summed E-state index contributed by atoms with van der Waals surface area (Å²) in [5, 5.41) is -0.301. The van der Waals surface area contributed by atoms with Crippen LogP contribution in [0.5, 0.6) is 11.5 Å². The Labute approximate surface area is 174 Å². The maximum absolute atomic E-state index is 13.6. The van der Waals surface area contributed by atoms with E-state index in [-0.39, 0.29) is 10.2 Å². The highest BCUT2D eigenvalue weighted by Crippen LogP contribution is 2.31. The lowest BCUT2D eigenvalue weighted by Gasteiger charge is -2.21. The van der Waals surface area contributed by atoms with Crippen molar-refractivity contribution in [3.8, 4) is 11.5 Å². The van der Waals surface area contributed by atoms with E-state index in [0.29, 0.717) is 11.5 Å². The molecule has 0 aliphatic heterocycles. The minimum Gasteiger partial charge on any atom is -0.445 e. The van der Waals surface area contributed by atoms with Crippen molar-refractivity contribution in [1.82, 2.24) is 0 Å². The summed E-state index contributed by atoms with van der Waals surface area (Å²) in [6.45, 7) is 11.5. The molecule has 0 aromatic heterocycles. The van der Waals surface area contributed by atoms with E-state index >= 15 is 0 Å². The summed E-state index contributed by atoms with van der Waals surface area (Å²) in [5.74, 6) is 0.891. The fourth-order valence-electron chi connectivity index (χ4n) is 2.34. The number of rotatable bonds is 6. The molecule has 0 atom stereocenters. The molecular formula is C24H30O4S. The highest BCUT2D eigenvalue weighted by Gasteiger charge is 2.31. The van der Waals surface area contributed by atoms with Gasteiger partial charge in [0, 0.05) is 0 Å². The van der Waals surface area contributed by atoms with Crippen LogP contribution < -0.4 is 9.47 Å². The average molecular weight is 415 g/mol. The fraction of sp³-hybridized carbons (Fsp3) is 0.333. The molecule has 0 heterocycles. The Hall–Kier alpha value is -2.53. The minimum atomic E-state index is -4.05. The largest absolute Gasteiger partial charge is 0.445 e. The van der Waals surface area contributed by atoms with Gasteiger partial charge in [-0.15, -0.1) is 0 Å². The van der Waals surface area contributed by atoms with E-state index in [1.807, 2.05) is 53.7 Å². The third-order valence-electron chi connectivity index (χ3n) is 3.55. The monoisotopic (exact) mass is 414 g/mol. The molecular weight excluding hydrogens is 384 g/mol. The van der Waals surface area contributed by atoms with Crippen molar-refractivity contribution in [1.29, 1.82) is 0 Å². The second-order valence-corrected chi connectivity index (χ2v) is 10.8. The number of ether oxygens (including phenoxy) is 2. The Morgan fingerprint density at radius 3 is 1.24 bits per heavy atom. The SMILES string of the molecule is CC(C)(C)C=C(Oc1ccccc1)S(=O)(=O)C(=CC(C)(C)C)Oc1ccccc1. The van der Waals surface area contributed by atoms with Gasteiger partial charge >= 0.3 is 0 Å². The number of allylic oxidation sites excluding steroid dienone is 2. The van der Waals surface area contributed by atoms with Gasteiger partial charge in [0.05, 0.1) is 0 Å². The quantitative estimate of drug-likeness (QED) is 0.518. The molecule has 0 aliphatic carbocycles. The molecule has 4 nitrogen and oxygen atoms in total. The van der Waals surface area contributed by atoms with E-state index < -0.39 is 20.7 Å². The Bertz CT molecular complexity index is 884. The molecule has 0 spiro atoms. The van der Waals surface area contributed by atoms with Crippen LogP contribution in [0.2, 0.25) is 0 Å². The summed E-state index contributed by atoms with van der Waals surface area (Å²) in [6, 6.07) is 17.7. The van der Waals surface area contributed by atoms with Gasteiger partial charge in [-0.1, -0.05) is 77.9 Å². The highest BCUT2D eigenvalue weighted by atomic mass is 32.2. The van der Waals surface area contributed by atoms with Gasteiger partial charge in [0.1, 0.15) is 11.5 Å². The number of hydrogen-bond acceptors (Lipinski definition) is 4. The van der Waals surface area contributed by atoms with Crippen LogP contribution in [-0.2, 0) is 9.84 Å².